The van der Waals surface area contributed by atoms with Crippen LogP contribution in [0.3, 0.4) is 0 Å². The molecule has 2 aromatic carbocycles. The van der Waals surface area contributed by atoms with E-state index in [2.05, 4.69) is 10.6 Å². The van der Waals surface area contributed by atoms with E-state index >= 15 is 0 Å². The van der Waals surface area contributed by atoms with Gasteiger partial charge in [0.15, 0.2) is 4.84 Å². The highest BCUT2D eigenvalue weighted by Gasteiger charge is 2.32. The van der Waals surface area contributed by atoms with E-state index in [9.17, 15) is 23.1 Å². The fourth-order valence-corrected chi connectivity index (χ4v) is 5.50. The normalized spacial score (nSPS) is 13.9. The minimum Gasteiger partial charge on any atom is -0.497 e. The summed E-state index contributed by atoms with van der Waals surface area (Å²) < 4.78 is 38.9. The molecule has 0 aliphatic rings. The van der Waals surface area contributed by atoms with Gasteiger partial charge in [0, 0.05) is 19.2 Å². The largest absolute Gasteiger partial charge is 0.497 e. The van der Waals surface area contributed by atoms with Crippen LogP contribution in [0, 0.1) is 5.92 Å². The molecule has 0 saturated heterocycles. The lowest BCUT2D eigenvalue weighted by Gasteiger charge is -2.31. The lowest BCUT2D eigenvalue weighted by Crippen LogP contribution is -2.51. The number of rotatable bonds is 16. The fraction of sp³-hybridized carbons (Fsp3) is 0.481. The molecule has 3 N–H and O–H groups in total. The second kappa shape index (κ2) is 16.6. The average molecular weight is 619 g/mol. The molecule has 0 spiro atoms. The molecule has 0 saturated carbocycles. The Kier molecular flexibility index (Phi) is 14.0. The summed E-state index contributed by atoms with van der Waals surface area (Å²) in [4.78, 5) is 22.8. The second-order valence-corrected chi connectivity index (χ2v) is 12.3. The van der Waals surface area contributed by atoms with E-state index in [4.69, 9.17) is 32.7 Å². The maximum atomic E-state index is 13.7. The number of carbonyl (C=O) groups is 2. The number of methoxy groups -OCH3 is 1. The van der Waals surface area contributed by atoms with Gasteiger partial charge in [-0.3, -0.25) is 4.79 Å². The van der Waals surface area contributed by atoms with E-state index in [1.54, 1.807) is 12.1 Å². The Bertz CT molecular complexity index is 1190. The number of nitrogens with one attached hydrogen (secondary N) is 2. The molecule has 40 heavy (non-hydrogen) atoms. The molecule has 10 nitrogen and oxygen atoms in total. The number of amides is 2. The predicted octanol–water partition coefficient (Wildman–Crippen LogP) is 3.35. The number of halogens is 2. The van der Waals surface area contributed by atoms with Crippen molar-refractivity contribution in [2.24, 2.45) is 5.92 Å². The van der Waals surface area contributed by atoms with Gasteiger partial charge in [0.25, 0.3) is 5.91 Å². The molecule has 0 aliphatic carbocycles. The first-order valence-electron chi connectivity index (χ1n) is 12.8. The van der Waals surface area contributed by atoms with Crippen molar-refractivity contribution in [1.82, 2.24) is 14.9 Å². The van der Waals surface area contributed by atoms with Crippen LogP contribution >= 0.6 is 23.2 Å². The zero-order valence-corrected chi connectivity index (χ0v) is 25.1. The number of hydrogen-bond donors (Lipinski definition) is 3. The third-order valence-corrected chi connectivity index (χ3v) is 8.40. The van der Waals surface area contributed by atoms with Gasteiger partial charge < -0.3 is 25.2 Å². The summed E-state index contributed by atoms with van der Waals surface area (Å²) in [5, 5.41) is 16.3. The van der Waals surface area contributed by atoms with Crippen LogP contribution in [-0.2, 0) is 26.0 Å². The molecule has 2 amide bonds. The molecule has 0 aliphatic heterocycles. The van der Waals surface area contributed by atoms with Crippen molar-refractivity contribution in [3.8, 4) is 5.75 Å². The van der Waals surface area contributed by atoms with Gasteiger partial charge in [0.1, 0.15) is 12.4 Å². The smallest absolute Gasteiger partial charge is 0.407 e. The first-order valence-corrected chi connectivity index (χ1v) is 15.1. The second-order valence-electron chi connectivity index (χ2n) is 9.25. The van der Waals surface area contributed by atoms with Crippen LogP contribution in [0.4, 0.5) is 4.79 Å². The van der Waals surface area contributed by atoms with Crippen molar-refractivity contribution in [3.63, 3.8) is 0 Å². The highest BCUT2D eigenvalue weighted by atomic mass is 35.5. The quantitative estimate of drug-likeness (QED) is 0.194. The number of aliphatic hydroxyl groups excluding tert-OH is 1. The van der Waals surface area contributed by atoms with E-state index < -0.39 is 39.0 Å². The molecule has 2 aromatic rings. The zero-order valence-electron chi connectivity index (χ0n) is 22.8. The Balaban J connectivity index is 2.23. The van der Waals surface area contributed by atoms with E-state index in [1.165, 1.54) is 23.5 Å². The molecule has 2 rings (SSSR count). The number of benzene rings is 2. The minimum atomic E-state index is -4.01. The molecular formula is C27H37Cl2N3O7S. The van der Waals surface area contributed by atoms with Gasteiger partial charge in [-0.1, -0.05) is 79.9 Å². The molecular weight excluding hydrogens is 581 g/mol. The molecule has 3 atom stereocenters. The predicted molar refractivity (Wildman–Crippen MR) is 154 cm³/mol. The monoisotopic (exact) mass is 617 g/mol. The SMILES string of the molecule is CC[C@@H](C)CN(C[C@@H](O)C(Cc1ccccc1)NC(=O)OCCNC(=O)C(Cl)Cl)S(=O)(=O)c1cccc(OC)c1. The third-order valence-electron chi connectivity index (χ3n) is 6.18. The lowest BCUT2D eigenvalue weighted by molar-refractivity contribution is -0.119. The van der Waals surface area contributed by atoms with Crippen LogP contribution in [0.1, 0.15) is 25.8 Å². The molecule has 0 radical (unpaired) electrons. The summed E-state index contributed by atoms with van der Waals surface area (Å²) in [6, 6.07) is 14.4. The van der Waals surface area contributed by atoms with Gasteiger partial charge in [-0.05, 0) is 30.0 Å². The maximum absolute atomic E-state index is 13.7. The Hall–Kier alpha value is -2.57. The number of ether oxygens (including phenoxy) is 2. The molecule has 1 unspecified atom stereocenters. The highest BCUT2D eigenvalue weighted by Crippen LogP contribution is 2.23. The first kappa shape index (κ1) is 33.6. The summed E-state index contributed by atoms with van der Waals surface area (Å²) in [6.45, 7) is 3.58. The average Bonchev–Trinajstić information content (AvgIpc) is 2.94. The van der Waals surface area contributed by atoms with Crippen molar-refractivity contribution in [1.29, 1.82) is 0 Å². The molecule has 0 bridgehead atoms. The van der Waals surface area contributed by atoms with E-state index in [1.807, 2.05) is 44.2 Å². The standard InChI is InChI=1S/C27H37Cl2N3O7S/c1-4-19(2)17-32(40(36,37)22-12-8-11-21(16-22)38-3)18-24(33)23(15-20-9-6-5-7-10-20)31-27(35)39-14-13-30-26(34)25(28)29/h5-12,16,19,23-25,33H,4,13-15,17-18H2,1-3H3,(H,30,34)(H,31,35)/t19-,23?,24-/m1/s1. The Labute approximate surface area is 246 Å². The van der Waals surface area contributed by atoms with Crippen molar-refractivity contribution < 1.29 is 32.6 Å². The number of aliphatic hydroxyl groups is 1. The van der Waals surface area contributed by atoms with Gasteiger partial charge in [-0.15, -0.1) is 0 Å². The molecule has 13 heteroatoms. The van der Waals surface area contributed by atoms with Gasteiger partial charge in [-0.2, -0.15) is 4.31 Å². The van der Waals surface area contributed by atoms with Gasteiger partial charge in [0.2, 0.25) is 10.0 Å². The lowest BCUT2D eigenvalue weighted by atomic mass is 10.0. The fourth-order valence-electron chi connectivity index (χ4n) is 3.73. The van der Waals surface area contributed by atoms with Crippen molar-refractivity contribution >= 4 is 45.2 Å². The first-order chi connectivity index (χ1) is 19.0. The summed E-state index contributed by atoms with van der Waals surface area (Å²) in [7, 11) is -2.56. The summed E-state index contributed by atoms with van der Waals surface area (Å²) in [6.07, 6.45) is -1.19. The van der Waals surface area contributed by atoms with E-state index in [0.29, 0.717) is 5.75 Å². The van der Waals surface area contributed by atoms with Gasteiger partial charge in [0.05, 0.1) is 30.7 Å². The Morgan fingerprint density at radius 3 is 2.40 bits per heavy atom. The van der Waals surface area contributed by atoms with Crippen molar-refractivity contribution in [2.45, 2.75) is 48.6 Å². The van der Waals surface area contributed by atoms with Crippen LogP contribution < -0.4 is 15.4 Å². The summed E-state index contributed by atoms with van der Waals surface area (Å²) in [5.74, 6) is -0.225. The molecule has 0 heterocycles. The van der Waals surface area contributed by atoms with Crippen LogP contribution in [0.2, 0.25) is 0 Å². The Morgan fingerprint density at radius 1 is 1.07 bits per heavy atom. The number of nitrogens with zero attached hydrogens (tertiary/aromatic N) is 1. The van der Waals surface area contributed by atoms with Gasteiger partial charge in [-0.25, -0.2) is 13.2 Å². The number of hydrogen-bond acceptors (Lipinski definition) is 7. The number of carbonyl (C=O) groups excluding carboxylic acids is 2. The van der Waals surface area contributed by atoms with Crippen LogP contribution in [0.5, 0.6) is 5.75 Å². The zero-order chi connectivity index (χ0) is 29.7. The highest BCUT2D eigenvalue weighted by molar-refractivity contribution is 7.89. The van der Waals surface area contributed by atoms with Crippen LogP contribution in [-0.4, -0.2) is 80.2 Å². The maximum Gasteiger partial charge on any atom is 0.407 e. The summed E-state index contributed by atoms with van der Waals surface area (Å²) >= 11 is 10.9. The number of sulfonamides is 1. The Morgan fingerprint density at radius 2 is 1.77 bits per heavy atom. The van der Waals surface area contributed by atoms with Gasteiger partial charge >= 0.3 is 6.09 Å². The molecule has 222 valence electrons. The minimum absolute atomic E-state index is 0.00821. The third kappa shape index (κ3) is 10.8. The van der Waals surface area contributed by atoms with Crippen LogP contribution in [0.15, 0.2) is 59.5 Å². The van der Waals surface area contributed by atoms with E-state index in [0.717, 1.165) is 12.0 Å². The van der Waals surface area contributed by atoms with Crippen molar-refractivity contribution in [3.05, 3.63) is 60.2 Å². The van der Waals surface area contributed by atoms with Crippen molar-refractivity contribution in [2.75, 3.05) is 33.4 Å². The molecule has 0 fully saturated rings. The number of alkyl carbamates (subject to hydrolysis) is 1. The summed E-state index contributed by atoms with van der Waals surface area (Å²) in [5.41, 5.74) is 0.818. The topological polar surface area (TPSA) is 134 Å². The molecule has 0 aromatic heterocycles. The number of alkyl halides is 2. The van der Waals surface area contributed by atoms with Crippen LogP contribution in [0.25, 0.3) is 0 Å². The van der Waals surface area contributed by atoms with E-state index in [-0.39, 0.29) is 43.5 Å².